The van der Waals surface area contributed by atoms with Gasteiger partial charge in [0.15, 0.2) is 5.78 Å². The Balaban J connectivity index is 1.62. The van der Waals surface area contributed by atoms with Crippen LogP contribution in [0.1, 0.15) is 28.4 Å². The van der Waals surface area contributed by atoms with Crippen LogP contribution in [0.5, 0.6) is 0 Å². The van der Waals surface area contributed by atoms with Crippen molar-refractivity contribution in [3.8, 4) is 0 Å². The lowest BCUT2D eigenvalue weighted by Gasteiger charge is -2.20. The Morgan fingerprint density at radius 1 is 0.852 bits per heavy atom. The first-order chi connectivity index (χ1) is 13.3. The molecule has 0 aliphatic rings. The normalized spacial score (nSPS) is 11.9. The maximum atomic E-state index is 12.7. The summed E-state index contributed by atoms with van der Waals surface area (Å²) in [6.45, 7) is 0. The van der Waals surface area contributed by atoms with Gasteiger partial charge in [0.05, 0.1) is 6.04 Å². The predicted molar refractivity (Wildman–Crippen MR) is 108 cm³/mol. The van der Waals surface area contributed by atoms with Gasteiger partial charge in [-0.05, 0) is 46.7 Å². The predicted octanol–water partition coefficient (Wildman–Crippen LogP) is 5.06. The van der Waals surface area contributed by atoms with E-state index in [1.165, 1.54) is 5.39 Å². The molecule has 0 saturated carbocycles. The van der Waals surface area contributed by atoms with E-state index in [0.29, 0.717) is 12.0 Å². The Morgan fingerprint density at radius 2 is 1.63 bits per heavy atom. The van der Waals surface area contributed by atoms with Crippen molar-refractivity contribution in [3.63, 3.8) is 0 Å². The molecule has 4 nitrogen and oxygen atoms in total. The van der Waals surface area contributed by atoms with E-state index >= 15 is 0 Å². The highest BCUT2D eigenvalue weighted by Crippen LogP contribution is 2.26. The van der Waals surface area contributed by atoms with Crippen molar-refractivity contribution in [1.29, 1.82) is 0 Å². The minimum absolute atomic E-state index is 0.0465. The molecule has 27 heavy (non-hydrogen) atoms. The van der Waals surface area contributed by atoms with Gasteiger partial charge in [-0.15, -0.1) is 0 Å². The van der Waals surface area contributed by atoms with Crippen molar-refractivity contribution in [2.75, 3.05) is 5.32 Å². The molecule has 0 spiro atoms. The lowest BCUT2D eigenvalue weighted by Crippen LogP contribution is -2.16. The molecule has 0 saturated heterocycles. The summed E-state index contributed by atoms with van der Waals surface area (Å²) in [4.78, 5) is 21.0. The van der Waals surface area contributed by atoms with Gasteiger partial charge in [0.1, 0.15) is 0 Å². The van der Waals surface area contributed by atoms with E-state index in [9.17, 15) is 4.79 Å². The second-order valence-electron chi connectivity index (χ2n) is 6.41. The van der Waals surface area contributed by atoms with Crippen LogP contribution in [0, 0.1) is 0 Å². The summed E-state index contributed by atoms with van der Waals surface area (Å²) in [6.07, 6.45) is 7.14. The van der Waals surface area contributed by atoms with Crippen molar-refractivity contribution in [2.24, 2.45) is 0 Å². The summed E-state index contributed by atoms with van der Waals surface area (Å²) in [5.41, 5.74) is 2.57. The topological polar surface area (TPSA) is 54.9 Å². The van der Waals surface area contributed by atoms with Gasteiger partial charge in [-0.1, -0.05) is 36.4 Å². The van der Waals surface area contributed by atoms with E-state index in [1.807, 2.05) is 30.3 Å². The minimum Gasteiger partial charge on any atom is -0.378 e. The van der Waals surface area contributed by atoms with Crippen LogP contribution in [0.25, 0.3) is 10.8 Å². The summed E-state index contributed by atoms with van der Waals surface area (Å²) in [5.74, 6) is 0.0465. The molecular formula is C23H19N3O. The molecule has 4 aromatic rings. The fraction of sp³-hybridized carbons (Fsp3) is 0.0870. The number of aromatic nitrogens is 2. The van der Waals surface area contributed by atoms with Crippen LogP contribution < -0.4 is 5.32 Å². The number of nitrogens with zero attached hydrogens (tertiary/aromatic N) is 2. The average Bonchev–Trinajstić information content (AvgIpc) is 2.74. The van der Waals surface area contributed by atoms with Crippen molar-refractivity contribution in [1.82, 2.24) is 9.97 Å². The lowest BCUT2D eigenvalue weighted by molar-refractivity contribution is 0.0976. The van der Waals surface area contributed by atoms with E-state index < -0.39 is 0 Å². The van der Waals surface area contributed by atoms with Gasteiger partial charge in [-0.25, -0.2) is 0 Å². The lowest BCUT2D eigenvalue weighted by atomic mass is 9.99. The highest BCUT2D eigenvalue weighted by atomic mass is 16.1. The SMILES string of the molecule is O=C(C[C@@H](Nc1ccc2ccccc2c1)c1cccnc1)c1cccnc1. The molecule has 2 heterocycles. The number of Topliss-reactive ketones (excluding diaryl/α,β-unsaturated/α-hetero) is 1. The van der Waals surface area contributed by atoms with Crippen LogP contribution in [0.3, 0.4) is 0 Å². The molecule has 2 aromatic heterocycles. The van der Waals surface area contributed by atoms with Crippen LogP contribution in [-0.4, -0.2) is 15.8 Å². The van der Waals surface area contributed by atoms with Crippen LogP contribution in [-0.2, 0) is 0 Å². The molecule has 0 bridgehead atoms. The van der Waals surface area contributed by atoms with Crippen molar-refractivity contribution in [3.05, 3.63) is 103 Å². The Labute approximate surface area is 157 Å². The Bertz CT molecular complexity index is 1050. The number of ketones is 1. The number of nitrogens with one attached hydrogen (secondary N) is 1. The average molecular weight is 353 g/mol. The Hall–Kier alpha value is -3.53. The highest BCUT2D eigenvalue weighted by Gasteiger charge is 2.18. The van der Waals surface area contributed by atoms with Crippen molar-refractivity contribution >= 4 is 22.2 Å². The molecule has 0 amide bonds. The largest absolute Gasteiger partial charge is 0.378 e. The third kappa shape index (κ3) is 4.01. The van der Waals surface area contributed by atoms with Crippen LogP contribution >= 0.6 is 0 Å². The first-order valence-corrected chi connectivity index (χ1v) is 8.88. The molecular weight excluding hydrogens is 334 g/mol. The molecule has 4 rings (SSSR count). The molecule has 132 valence electrons. The van der Waals surface area contributed by atoms with Gasteiger partial charge >= 0.3 is 0 Å². The van der Waals surface area contributed by atoms with Crippen LogP contribution in [0.15, 0.2) is 91.5 Å². The maximum Gasteiger partial charge on any atom is 0.166 e. The smallest absolute Gasteiger partial charge is 0.166 e. The Kier molecular flexibility index (Phi) is 4.88. The zero-order chi connectivity index (χ0) is 18.5. The monoisotopic (exact) mass is 353 g/mol. The standard InChI is InChI=1S/C23H19N3O/c27-23(20-8-4-12-25-16-20)14-22(19-7-3-11-24-15-19)26-21-10-9-17-5-1-2-6-18(17)13-21/h1-13,15-16,22,26H,14H2/t22-/m1/s1. The zero-order valence-electron chi connectivity index (χ0n) is 14.7. The summed E-state index contributed by atoms with van der Waals surface area (Å²) in [5, 5.41) is 5.85. The number of hydrogen-bond donors (Lipinski definition) is 1. The summed E-state index contributed by atoms with van der Waals surface area (Å²) in [7, 11) is 0. The van der Waals surface area contributed by atoms with Crippen LogP contribution in [0.4, 0.5) is 5.69 Å². The molecule has 0 unspecified atom stereocenters. The second kappa shape index (κ2) is 7.79. The van der Waals surface area contributed by atoms with E-state index in [-0.39, 0.29) is 11.8 Å². The van der Waals surface area contributed by atoms with Gasteiger partial charge in [-0.3, -0.25) is 14.8 Å². The Morgan fingerprint density at radius 3 is 2.37 bits per heavy atom. The number of pyridine rings is 2. The molecule has 0 radical (unpaired) electrons. The fourth-order valence-corrected chi connectivity index (χ4v) is 3.15. The molecule has 2 aromatic carbocycles. The summed E-state index contributed by atoms with van der Waals surface area (Å²) in [6, 6.07) is 21.7. The van der Waals surface area contributed by atoms with Crippen molar-refractivity contribution in [2.45, 2.75) is 12.5 Å². The fourth-order valence-electron chi connectivity index (χ4n) is 3.15. The molecule has 0 fully saturated rings. The molecule has 0 aliphatic heterocycles. The number of fused-ring (bicyclic) bond motifs is 1. The quantitative estimate of drug-likeness (QED) is 0.493. The molecule has 4 heteroatoms. The minimum atomic E-state index is -0.174. The molecule has 1 N–H and O–H groups in total. The van der Waals surface area contributed by atoms with Gasteiger partial charge < -0.3 is 5.32 Å². The van der Waals surface area contributed by atoms with E-state index in [1.54, 1.807) is 36.9 Å². The molecule has 1 atom stereocenters. The number of rotatable bonds is 6. The zero-order valence-corrected chi connectivity index (χ0v) is 14.7. The number of carbonyl (C=O) groups is 1. The first kappa shape index (κ1) is 16.9. The summed E-state index contributed by atoms with van der Waals surface area (Å²) < 4.78 is 0. The van der Waals surface area contributed by atoms with E-state index in [2.05, 4.69) is 39.6 Å². The molecule has 0 aliphatic carbocycles. The van der Waals surface area contributed by atoms with Gasteiger partial charge in [0.25, 0.3) is 0 Å². The maximum absolute atomic E-state index is 12.7. The van der Waals surface area contributed by atoms with Gasteiger partial charge in [0.2, 0.25) is 0 Å². The number of carbonyl (C=O) groups excluding carboxylic acids is 1. The third-order valence-corrected chi connectivity index (χ3v) is 4.55. The third-order valence-electron chi connectivity index (χ3n) is 4.55. The van der Waals surface area contributed by atoms with Gasteiger partial charge in [-0.2, -0.15) is 0 Å². The number of benzene rings is 2. The summed E-state index contributed by atoms with van der Waals surface area (Å²) >= 11 is 0. The van der Waals surface area contributed by atoms with E-state index in [0.717, 1.165) is 16.6 Å². The second-order valence-corrected chi connectivity index (χ2v) is 6.41. The number of hydrogen-bond acceptors (Lipinski definition) is 4. The number of anilines is 1. The first-order valence-electron chi connectivity index (χ1n) is 8.88. The van der Waals surface area contributed by atoms with Crippen LogP contribution in [0.2, 0.25) is 0 Å². The van der Waals surface area contributed by atoms with Gasteiger partial charge in [0, 0.05) is 42.5 Å². The van der Waals surface area contributed by atoms with E-state index in [4.69, 9.17) is 0 Å². The van der Waals surface area contributed by atoms with Crippen molar-refractivity contribution < 1.29 is 4.79 Å². The highest BCUT2D eigenvalue weighted by molar-refractivity contribution is 5.96.